The van der Waals surface area contributed by atoms with Crippen LogP contribution in [0.15, 0.2) is 30.5 Å². The number of carbonyl (C=O) groups is 1. The molecular weight excluding hydrogens is 986 g/mol. The number of methoxy groups -OCH3 is 2. The van der Waals surface area contributed by atoms with Gasteiger partial charge in [0, 0.05) is 71.1 Å². The Kier molecular flexibility index (Phi) is 21.6. The van der Waals surface area contributed by atoms with Crippen molar-refractivity contribution in [3.63, 3.8) is 0 Å². The topological polar surface area (TPSA) is 254 Å². The molecule has 0 amide bonds. The minimum absolute atomic E-state index is 0.0795. The fourth-order valence-electron chi connectivity index (χ4n) is 11.0. The number of sulfone groups is 1. The summed E-state index contributed by atoms with van der Waals surface area (Å²) in [6.45, 7) is 15.4. The van der Waals surface area contributed by atoms with E-state index in [2.05, 4.69) is 10.3 Å². The second-order valence-corrected chi connectivity index (χ2v) is 24.5. The highest BCUT2D eigenvalue weighted by Gasteiger charge is 2.51. The van der Waals surface area contributed by atoms with Gasteiger partial charge in [-0.15, -0.1) is 5.10 Å². The van der Waals surface area contributed by atoms with E-state index in [1.807, 2.05) is 37.7 Å². The summed E-state index contributed by atoms with van der Waals surface area (Å²) < 4.78 is 83.4. The maximum atomic E-state index is 14.8. The summed E-state index contributed by atoms with van der Waals surface area (Å²) in [7, 11) is 3.38. The molecule has 22 heteroatoms. The molecule has 20 nitrogen and oxygen atoms in total. The zero-order valence-corrected chi connectivity index (χ0v) is 46.9. The van der Waals surface area contributed by atoms with E-state index in [-0.39, 0.29) is 37.4 Å². The summed E-state index contributed by atoms with van der Waals surface area (Å²) in [4.78, 5) is 18.2. The Morgan fingerprint density at radius 3 is 2.23 bits per heavy atom. The number of hydrogen-bond acceptors (Lipinski definition) is 19. The largest absolute Gasteiger partial charge is 0.459 e. The lowest BCUT2D eigenvalue weighted by molar-refractivity contribution is -0.308. The normalized spacial score (nSPS) is 38.5. The van der Waals surface area contributed by atoms with Crippen LogP contribution in [-0.2, 0) is 60.0 Å². The number of benzene rings is 1. The van der Waals surface area contributed by atoms with Crippen molar-refractivity contribution in [3.05, 3.63) is 47.3 Å². The molecule has 0 spiro atoms. The predicted octanol–water partition coefficient (Wildman–Crippen LogP) is 3.30. The van der Waals surface area contributed by atoms with Crippen molar-refractivity contribution in [1.29, 1.82) is 0 Å². The molecule has 19 atom stereocenters. The van der Waals surface area contributed by atoms with Gasteiger partial charge in [0.2, 0.25) is 0 Å². The first-order valence-electron chi connectivity index (χ1n) is 26.0. The van der Waals surface area contributed by atoms with Gasteiger partial charge in [-0.1, -0.05) is 43.3 Å². The molecule has 3 aliphatic heterocycles. The molecule has 74 heavy (non-hydrogen) atoms. The zero-order valence-electron chi connectivity index (χ0n) is 46.0. The molecule has 0 aliphatic carbocycles. The monoisotopic (exact) mass is 1070 g/mol. The van der Waals surface area contributed by atoms with Crippen LogP contribution < -0.4 is 0 Å². The predicted molar refractivity (Wildman–Crippen MR) is 272 cm³/mol. The van der Waals surface area contributed by atoms with E-state index in [1.165, 1.54) is 25.8 Å². The van der Waals surface area contributed by atoms with Crippen LogP contribution in [0, 0.1) is 11.8 Å². The summed E-state index contributed by atoms with van der Waals surface area (Å²) in [5.74, 6) is -2.15. The molecule has 3 aliphatic rings. The van der Waals surface area contributed by atoms with Crippen molar-refractivity contribution < 1.29 is 76.3 Å². The van der Waals surface area contributed by atoms with Gasteiger partial charge in [0.25, 0.3) is 0 Å². The fraction of sp³-hybridized carbons (Fsp3) is 0.827. The van der Waals surface area contributed by atoms with E-state index < -0.39 is 131 Å². The van der Waals surface area contributed by atoms with Gasteiger partial charge in [0.15, 0.2) is 22.4 Å². The quantitative estimate of drug-likeness (QED) is 0.143. The third kappa shape index (κ3) is 15.3. The third-order valence-corrected chi connectivity index (χ3v) is 16.7. The van der Waals surface area contributed by atoms with Crippen molar-refractivity contribution in [2.45, 2.75) is 209 Å². The number of likely N-dealkylation sites (N-methyl/N-ethyl adjacent to an activating group) is 2. The fourth-order valence-corrected chi connectivity index (χ4v) is 11.8. The van der Waals surface area contributed by atoms with Crippen LogP contribution in [0.4, 0.5) is 4.39 Å². The van der Waals surface area contributed by atoms with Gasteiger partial charge in [-0.3, -0.25) is 4.79 Å². The van der Waals surface area contributed by atoms with Crippen molar-refractivity contribution in [1.82, 2.24) is 24.8 Å². The van der Waals surface area contributed by atoms with E-state index >= 15 is 0 Å². The van der Waals surface area contributed by atoms with Crippen LogP contribution in [0.5, 0.6) is 0 Å². The van der Waals surface area contributed by atoms with Crippen LogP contribution in [0.3, 0.4) is 0 Å². The Bertz CT molecular complexity index is 2190. The molecule has 4 heterocycles. The van der Waals surface area contributed by atoms with Crippen LogP contribution in [0.1, 0.15) is 123 Å². The first kappa shape index (κ1) is 62.0. The lowest BCUT2D eigenvalue weighted by Gasteiger charge is -2.47. The first-order valence-corrected chi connectivity index (χ1v) is 28.1. The number of hydrogen-bond donors (Lipinski definition) is 5. The minimum atomic E-state index is -3.24. The molecule has 424 valence electrons. The smallest absolute Gasteiger partial charge is 0.311 e. The molecule has 1 aromatic carbocycles. The molecule has 3 fully saturated rings. The standard InChI is InChI=1S/C52H88FN5O15S/c1-15-41-52(9,64)46(60)33(5)57(11)27-30(2)24-50(7,63)42(23-40(32(4)48(62)72-41)71-43-25-51(8,68-13)47(61)34(6)70-43)73-49-44(59)38(22-31(3)69-49)56(10)21-20-37-28-58(55-54-37)39(26-53)45(67-12)36-18-16-35(17-19-36)29-74(14,65)66/h16-19,28,30-34,38-47,49,59-61,63-64H,15,20-27,29H2,1-14H3/t30-,31-,32-,33-,34+,38+,39-,40+,41-,42-,43+,44-,45-,46-,47+,49+,50-,51-,52-/m1/s1. The number of nitrogens with zero attached hydrogens (tertiary/aromatic N) is 5. The van der Waals surface area contributed by atoms with E-state index in [4.69, 9.17) is 33.2 Å². The van der Waals surface area contributed by atoms with Gasteiger partial charge < -0.3 is 68.5 Å². The van der Waals surface area contributed by atoms with Crippen molar-refractivity contribution in [3.8, 4) is 0 Å². The Labute approximate surface area is 438 Å². The molecule has 5 rings (SSSR count). The van der Waals surface area contributed by atoms with Gasteiger partial charge in [-0.2, -0.15) is 0 Å². The second kappa shape index (κ2) is 25.8. The van der Waals surface area contributed by atoms with E-state index in [9.17, 15) is 43.1 Å². The molecule has 0 unspecified atom stereocenters. The van der Waals surface area contributed by atoms with Gasteiger partial charge >= 0.3 is 5.97 Å². The van der Waals surface area contributed by atoms with E-state index in [0.29, 0.717) is 42.8 Å². The molecule has 2 aromatic rings. The number of cyclic esters (lactones) is 1. The van der Waals surface area contributed by atoms with E-state index in [1.54, 1.807) is 72.0 Å². The number of carbonyl (C=O) groups excluding carboxylic acids is 1. The highest BCUT2D eigenvalue weighted by atomic mass is 32.2. The third-order valence-electron chi connectivity index (χ3n) is 15.9. The molecule has 0 bridgehead atoms. The SMILES string of the molecule is CC[C@H]1OC(=O)[C@H](C)[C@@H](O[C@H]2C[C@@](C)(OC)[C@@H](O)[C@H](C)O2)C[C@@H](O[C@@H]2O[C@H](C)C[C@H](N(C)CCc3cn([C@H](CF)[C@H](OC)c4ccc(CS(C)(=O)=O)cc4)nn3)[C@H]2O)[C@](C)(O)C[C@@H](C)CN(C)[C@H](C)[C@@H](O)[C@]1(C)O. The summed E-state index contributed by atoms with van der Waals surface area (Å²) >= 11 is 0. The van der Waals surface area contributed by atoms with Crippen molar-refractivity contribution in [2.24, 2.45) is 11.8 Å². The number of aliphatic hydroxyl groups excluding tert-OH is 3. The summed E-state index contributed by atoms with van der Waals surface area (Å²) in [6, 6.07) is 4.81. The zero-order chi connectivity index (χ0) is 55.2. The van der Waals surface area contributed by atoms with E-state index in [0.717, 1.165) is 6.26 Å². The van der Waals surface area contributed by atoms with Crippen LogP contribution in [0.25, 0.3) is 0 Å². The Morgan fingerprint density at radius 1 is 0.973 bits per heavy atom. The lowest BCUT2D eigenvalue weighted by Crippen LogP contribution is -2.59. The molecule has 5 N–H and O–H groups in total. The Hall–Kier alpha value is -2.81. The second-order valence-electron chi connectivity index (χ2n) is 22.3. The summed E-state index contributed by atoms with van der Waals surface area (Å²) in [6.07, 6.45) is -7.20. The minimum Gasteiger partial charge on any atom is -0.459 e. The molecular formula is C52H88FN5O15S. The number of rotatable bonds is 17. The van der Waals surface area contributed by atoms with Crippen LogP contribution >= 0.6 is 0 Å². The summed E-state index contributed by atoms with van der Waals surface area (Å²) in [5, 5.41) is 68.0. The molecule has 0 radical (unpaired) electrons. The van der Waals surface area contributed by atoms with Gasteiger partial charge in [-0.25, -0.2) is 17.5 Å². The average molecular weight is 1070 g/mol. The maximum absolute atomic E-state index is 14.8. The van der Waals surface area contributed by atoms with Gasteiger partial charge in [0.05, 0.1) is 53.0 Å². The van der Waals surface area contributed by atoms with Gasteiger partial charge in [0.1, 0.15) is 48.8 Å². The van der Waals surface area contributed by atoms with Crippen LogP contribution in [-0.4, -0.2) is 209 Å². The first-order chi connectivity index (χ1) is 34.5. The van der Waals surface area contributed by atoms with Crippen molar-refractivity contribution in [2.75, 3.05) is 54.3 Å². The van der Waals surface area contributed by atoms with Gasteiger partial charge in [-0.05, 0) is 98.9 Å². The molecule has 1 aromatic heterocycles. The Morgan fingerprint density at radius 2 is 1.64 bits per heavy atom. The number of aromatic nitrogens is 3. The lowest BCUT2D eigenvalue weighted by atomic mass is 9.83. The number of aliphatic hydroxyl groups is 5. The van der Waals surface area contributed by atoms with Crippen molar-refractivity contribution >= 4 is 15.8 Å². The molecule has 0 saturated carbocycles. The number of halogens is 1. The van der Waals surface area contributed by atoms with Crippen LogP contribution in [0.2, 0.25) is 0 Å². The average Bonchev–Trinajstić information content (AvgIpc) is 3.80. The number of ether oxygens (including phenoxy) is 7. The maximum Gasteiger partial charge on any atom is 0.311 e. The Balaban J connectivity index is 1.41. The highest BCUT2D eigenvalue weighted by molar-refractivity contribution is 7.89. The molecule has 3 saturated heterocycles. The number of alkyl halides is 1. The highest BCUT2D eigenvalue weighted by Crippen LogP contribution is 2.39. The number of esters is 1. The summed E-state index contributed by atoms with van der Waals surface area (Å²) in [5.41, 5.74) is -2.78.